The first kappa shape index (κ1) is 9.25. The second-order valence-corrected chi connectivity index (χ2v) is 4.10. The maximum atomic E-state index is 4.48. The van der Waals surface area contributed by atoms with Crippen molar-refractivity contribution in [1.29, 1.82) is 0 Å². The van der Waals surface area contributed by atoms with Gasteiger partial charge >= 0.3 is 0 Å². The van der Waals surface area contributed by atoms with Crippen LogP contribution in [0.1, 0.15) is 25.0 Å². The second kappa shape index (κ2) is 3.82. The normalized spacial score (nSPS) is 14.1. The molecule has 0 saturated carbocycles. The van der Waals surface area contributed by atoms with Gasteiger partial charge in [0.2, 0.25) is 0 Å². The van der Waals surface area contributed by atoms with Gasteiger partial charge in [-0.15, -0.1) is 0 Å². The Hall–Kier alpha value is -1.31. The molecule has 0 amide bonds. The molecule has 2 nitrogen and oxygen atoms in total. The van der Waals surface area contributed by atoms with Crippen molar-refractivity contribution < 1.29 is 0 Å². The third-order valence-electron chi connectivity index (χ3n) is 2.36. The average molecular weight is 188 g/mol. The van der Waals surface area contributed by atoms with Crippen molar-refractivity contribution in [2.45, 2.75) is 20.4 Å². The Morgan fingerprint density at radius 3 is 2.93 bits per heavy atom. The van der Waals surface area contributed by atoms with Crippen LogP contribution < -0.4 is 5.32 Å². The Bertz CT molecular complexity index is 353. The molecule has 14 heavy (non-hydrogen) atoms. The maximum Gasteiger partial charge on any atom is 0.128 e. The highest BCUT2D eigenvalue weighted by molar-refractivity contribution is 6.01. The van der Waals surface area contributed by atoms with E-state index in [-0.39, 0.29) is 0 Å². The predicted molar refractivity (Wildman–Crippen MR) is 59.5 cm³/mol. The summed E-state index contributed by atoms with van der Waals surface area (Å²) < 4.78 is 0. The lowest BCUT2D eigenvalue weighted by atomic mass is 10.1. The molecule has 1 heterocycles. The smallest absolute Gasteiger partial charge is 0.128 e. The molecular formula is C12H16N2. The summed E-state index contributed by atoms with van der Waals surface area (Å²) in [5.41, 5.74) is 2.60. The fourth-order valence-corrected chi connectivity index (χ4v) is 1.59. The van der Waals surface area contributed by atoms with Crippen molar-refractivity contribution in [1.82, 2.24) is 5.32 Å². The van der Waals surface area contributed by atoms with Crippen LogP contribution in [0.3, 0.4) is 0 Å². The SMILES string of the molecule is CC(C)CNC1=NCc2ccccc21. The Labute approximate surface area is 85.1 Å². The molecule has 0 atom stereocenters. The van der Waals surface area contributed by atoms with Crippen molar-refractivity contribution in [3.8, 4) is 0 Å². The summed E-state index contributed by atoms with van der Waals surface area (Å²) in [7, 11) is 0. The molecule has 0 fully saturated rings. The number of amidine groups is 1. The predicted octanol–water partition coefficient (Wildman–Crippen LogP) is 2.19. The molecular weight excluding hydrogens is 172 g/mol. The summed E-state index contributed by atoms with van der Waals surface area (Å²) >= 11 is 0. The van der Waals surface area contributed by atoms with Gasteiger partial charge in [0.1, 0.15) is 5.84 Å². The van der Waals surface area contributed by atoms with E-state index in [0.29, 0.717) is 5.92 Å². The van der Waals surface area contributed by atoms with Gasteiger partial charge in [0.25, 0.3) is 0 Å². The molecule has 1 aliphatic rings. The van der Waals surface area contributed by atoms with Gasteiger partial charge in [-0.2, -0.15) is 0 Å². The van der Waals surface area contributed by atoms with E-state index in [0.717, 1.165) is 18.9 Å². The molecule has 1 N–H and O–H groups in total. The molecule has 1 aromatic rings. The number of hydrogen-bond acceptors (Lipinski definition) is 2. The summed E-state index contributed by atoms with van der Waals surface area (Å²) in [5, 5.41) is 3.39. The number of nitrogens with zero attached hydrogens (tertiary/aromatic N) is 1. The van der Waals surface area contributed by atoms with Gasteiger partial charge in [0.05, 0.1) is 6.54 Å². The van der Waals surface area contributed by atoms with Crippen LogP contribution in [0.4, 0.5) is 0 Å². The van der Waals surface area contributed by atoms with E-state index in [1.54, 1.807) is 0 Å². The minimum Gasteiger partial charge on any atom is -0.370 e. The van der Waals surface area contributed by atoms with Gasteiger partial charge in [-0.3, -0.25) is 4.99 Å². The Morgan fingerprint density at radius 2 is 2.14 bits per heavy atom. The van der Waals surface area contributed by atoms with Gasteiger partial charge in [0, 0.05) is 12.1 Å². The Morgan fingerprint density at radius 1 is 1.36 bits per heavy atom. The number of aliphatic imine (C=N–C) groups is 1. The van der Waals surface area contributed by atoms with E-state index >= 15 is 0 Å². The van der Waals surface area contributed by atoms with Crippen molar-refractivity contribution in [3.63, 3.8) is 0 Å². The minimum atomic E-state index is 0.658. The Balaban J connectivity index is 2.09. The monoisotopic (exact) mass is 188 g/mol. The zero-order chi connectivity index (χ0) is 9.97. The summed E-state index contributed by atoms with van der Waals surface area (Å²) in [5.74, 6) is 1.72. The van der Waals surface area contributed by atoms with Crippen molar-refractivity contribution in [3.05, 3.63) is 35.4 Å². The number of benzene rings is 1. The van der Waals surface area contributed by atoms with Crippen LogP contribution in [0.15, 0.2) is 29.3 Å². The first-order valence-corrected chi connectivity index (χ1v) is 5.14. The standard InChI is InChI=1S/C12H16N2/c1-9(2)7-13-12-11-6-4-3-5-10(11)8-14-12/h3-6,9H,7-8H2,1-2H3,(H,13,14). The van der Waals surface area contributed by atoms with E-state index in [2.05, 4.69) is 48.4 Å². The van der Waals surface area contributed by atoms with Crippen molar-refractivity contribution >= 4 is 5.84 Å². The van der Waals surface area contributed by atoms with Crippen molar-refractivity contribution in [2.24, 2.45) is 10.9 Å². The molecule has 0 aromatic heterocycles. The highest BCUT2D eigenvalue weighted by atomic mass is 15.0. The number of rotatable bonds is 2. The number of nitrogens with one attached hydrogen (secondary N) is 1. The third kappa shape index (κ3) is 1.79. The number of hydrogen-bond donors (Lipinski definition) is 1. The lowest BCUT2D eigenvalue weighted by Gasteiger charge is -2.09. The molecule has 0 unspecified atom stereocenters. The molecule has 1 aromatic carbocycles. The van der Waals surface area contributed by atoms with Crippen molar-refractivity contribution in [2.75, 3.05) is 6.54 Å². The molecule has 0 spiro atoms. The van der Waals surface area contributed by atoms with Gasteiger partial charge in [-0.05, 0) is 11.5 Å². The van der Waals surface area contributed by atoms with Gasteiger partial charge in [-0.1, -0.05) is 38.1 Å². The van der Waals surface area contributed by atoms with Crippen LogP contribution in [0.25, 0.3) is 0 Å². The molecule has 0 bridgehead atoms. The lowest BCUT2D eigenvalue weighted by molar-refractivity contribution is 0.625. The summed E-state index contributed by atoms with van der Waals surface area (Å²) in [6.45, 7) is 6.23. The van der Waals surface area contributed by atoms with E-state index < -0.39 is 0 Å². The molecule has 2 heteroatoms. The second-order valence-electron chi connectivity index (χ2n) is 4.10. The molecule has 0 saturated heterocycles. The lowest BCUT2D eigenvalue weighted by Crippen LogP contribution is -2.27. The van der Waals surface area contributed by atoms with Gasteiger partial charge in [0.15, 0.2) is 0 Å². The Kier molecular flexibility index (Phi) is 2.53. The fourth-order valence-electron chi connectivity index (χ4n) is 1.59. The first-order chi connectivity index (χ1) is 6.77. The van der Waals surface area contributed by atoms with Crippen LogP contribution >= 0.6 is 0 Å². The van der Waals surface area contributed by atoms with Crippen LogP contribution in [-0.4, -0.2) is 12.4 Å². The molecule has 2 rings (SSSR count). The highest BCUT2D eigenvalue weighted by Crippen LogP contribution is 2.16. The summed E-state index contributed by atoms with van der Waals surface area (Å²) in [6, 6.07) is 8.41. The quantitative estimate of drug-likeness (QED) is 0.756. The van der Waals surface area contributed by atoms with E-state index in [9.17, 15) is 0 Å². The van der Waals surface area contributed by atoms with Crippen LogP contribution in [0.5, 0.6) is 0 Å². The topological polar surface area (TPSA) is 24.4 Å². The van der Waals surface area contributed by atoms with E-state index in [1.807, 2.05) is 0 Å². The van der Waals surface area contributed by atoms with E-state index in [4.69, 9.17) is 0 Å². The third-order valence-corrected chi connectivity index (χ3v) is 2.36. The average Bonchev–Trinajstić information content (AvgIpc) is 2.58. The molecule has 0 radical (unpaired) electrons. The molecule has 0 aliphatic carbocycles. The minimum absolute atomic E-state index is 0.658. The zero-order valence-corrected chi connectivity index (χ0v) is 8.75. The highest BCUT2D eigenvalue weighted by Gasteiger charge is 2.13. The summed E-state index contributed by atoms with van der Waals surface area (Å²) in [6.07, 6.45) is 0. The molecule has 74 valence electrons. The maximum absolute atomic E-state index is 4.48. The molecule has 1 aliphatic heterocycles. The largest absolute Gasteiger partial charge is 0.370 e. The first-order valence-electron chi connectivity index (χ1n) is 5.14. The van der Waals surface area contributed by atoms with Gasteiger partial charge in [-0.25, -0.2) is 0 Å². The van der Waals surface area contributed by atoms with Gasteiger partial charge < -0.3 is 5.32 Å². The number of fused-ring (bicyclic) bond motifs is 1. The zero-order valence-electron chi connectivity index (χ0n) is 8.75. The van der Waals surface area contributed by atoms with Crippen LogP contribution in [0, 0.1) is 5.92 Å². The van der Waals surface area contributed by atoms with Crippen LogP contribution in [-0.2, 0) is 6.54 Å². The van der Waals surface area contributed by atoms with E-state index in [1.165, 1.54) is 11.1 Å². The van der Waals surface area contributed by atoms with Crippen LogP contribution in [0.2, 0.25) is 0 Å². The fraction of sp³-hybridized carbons (Fsp3) is 0.417. The summed E-state index contributed by atoms with van der Waals surface area (Å²) in [4.78, 5) is 4.48.